The van der Waals surface area contributed by atoms with Crippen LogP contribution in [0.15, 0.2) is 53.9 Å². The molecule has 0 aliphatic carbocycles. The Hall–Kier alpha value is -3.40. The van der Waals surface area contributed by atoms with E-state index in [-0.39, 0.29) is 24.0 Å². The molecule has 6 nitrogen and oxygen atoms in total. The van der Waals surface area contributed by atoms with Crippen LogP contribution in [0.5, 0.6) is 5.75 Å². The van der Waals surface area contributed by atoms with E-state index in [1.54, 1.807) is 17.5 Å². The summed E-state index contributed by atoms with van der Waals surface area (Å²) in [5.74, 6) is -0.549. The molecule has 0 saturated heterocycles. The first-order chi connectivity index (χ1) is 15.2. The lowest BCUT2D eigenvalue weighted by atomic mass is 10.1. The van der Waals surface area contributed by atoms with Crippen molar-refractivity contribution in [3.05, 3.63) is 70.7 Å². The van der Waals surface area contributed by atoms with Crippen molar-refractivity contribution >= 4 is 23.2 Å². The van der Waals surface area contributed by atoms with Crippen LogP contribution < -0.4 is 10.6 Å². The quantitative estimate of drug-likeness (QED) is 0.440. The van der Waals surface area contributed by atoms with Gasteiger partial charge in [-0.25, -0.2) is 4.98 Å². The number of carbonyl (C=O) groups excluding carboxylic acids is 2. The maximum atomic E-state index is 12.7. The predicted octanol–water partition coefficient (Wildman–Crippen LogP) is 4.01. The van der Waals surface area contributed by atoms with Crippen LogP contribution in [0.3, 0.4) is 0 Å². The highest BCUT2D eigenvalue weighted by Gasteiger charge is 2.30. The van der Waals surface area contributed by atoms with Crippen LogP contribution in [-0.4, -0.2) is 35.0 Å². The number of hydrogen-bond donors (Lipinski definition) is 3. The van der Waals surface area contributed by atoms with Crippen LogP contribution in [0.1, 0.15) is 28.0 Å². The summed E-state index contributed by atoms with van der Waals surface area (Å²) in [6.07, 6.45) is -3.82. The molecule has 3 N–H and O–H groups in total. The van der Waals surface area contributed by atoms with Gasteiger partial charge in [-0.15, -0.1) is 11.3 Å². The topological polar surface area (TPSA) is 91.3 Å². The minimum absolute atomic E-state index is 0.00781. The summed E-state index contributed by atoms with van der Waals surface area (Å²) in [5.41, 5.74) is 0.702. The first-order valence-corrected chi connectivity index (χ1v) is 10.6. The fraction of sp³-hybridized carbons (Fsp3) is 0.227. The van der Waals surface area contributed by atoms with E-state index in [1.807, 2.05) is 0 Å². The predicted molar refractivity (Wildman–Crippen MR) is 114 cm³/mol. The number of carbonyl (C=O) groups is 2. The SMILES string of the molecule is O=C(Cc1csc(-c2ccc(C(F)(F)F)cc2)n1)NCCCNC(=O)c1cccc(O)c1. The molecular weight excluding hydrogens is 443 g/mol. The lowest BCUT2D eigenvalue weighted by Gasteiger charge is -2.07. The van der Waals surface area contributed by atoms with E-state index in [9.17, 15) is 27.9 Å². The van der Waals surface area contributed by atoms with Crippen molar-refractivity contribution in [1.29, 1.82) is 0 Å². The second kappa shape index (κ2) is 10.3. The maximum Gasteiger partial charge on any atom is 0.416 e. The second-order valence-electron chi connectivity index (χ2n) is 6.91. The number of aromatic hydroxyl groups is 1. The molecule has 0 spiro atoms. The van der Waals surface area contributed by atoms with Gasteiger partial charge in [0.05, 0.1) is 17.7 Å². The molecule has 32 heavy (non-hydrogen) atoms. The Morgan fingerprint density at radius 3 is 2.44 bits per heavy atom. The first-order valence-electron chi connectivity index (χ1n) is 9.68. The van der Waals surface area contributed by atoms with Crippen molar-refractivity contribution in [3.8, 4) is 16.3 Å². The van der Waals surface area contributed by atoms with Gasteiger partial charge in [-0.05, 0) is 36.8 Å². The molecule has 0 radical (unpaired) electrons. The van der Waals surface area contributed by atoms with E-state index in [1.165, 1.54) is 35.6 Å². The van der Waals surface area contributed by atoms with Gasteiger partial charge in [-0.1, -0.05) is 18.2 Å². The number of nitrogens with one attached hydrogen (secondary N) is 2. The molecule has 0 aliphatic heterocycles. The van der Waals surface area contributed by atoms with Gasteiger partial charge in [0.25, 0.3) is 5.91 Å². The van der Waals surface area contributed by atoms with Crippen LogP contribution in [0.2, 0.25) is 0 Å². The fourth-order valence-electron chi connectivity index (χ4n) is 2.82. The Morgan fingerprint density at radius 1 is 1.03 bits per heavy atom. The molecule has 0 aliphatic rings. The average molecular weight is 463 g/mol. The molecule has 2 amide bonds. The largest absolute Gasteiger partial charge is 0.508 e. The number of nitrogens with zero attached hydrogens (tertiary/aromatic N) is 1. The Kier molecular flexibility index (Phi) is 7.47. The minimum atomic E-state index is -4.39. The molecule has 0 unspecified atom stereocenters. The van der Waals surface area contributed by atoms with Gasteiger partial charge in [-0.3, -0.25) is 9.59 Å². The number of alkyl halides is 3. The highest BCUT2D eigenvalue weighted by Crippen LogP contribution is 2.31. The number of halogens is 3. The summed E-state index contributed by atoms with van der Waals surface area (Å²) in [6, 6.07) is 10.7. The maximum absolute atomic E-state index is 12.7. The minimum Gasteiger partial charge on any atom is -0.508 e. The van der Waals surface area contributed by atoms with E-state index >= 15 is 0 Å². The van der Waals surface area contributed by atoms with Gasteiger partial charge in [0, 0.05) is 29.6 Å². The van der Waals surface area contributed by atoms with E-state index in [2.05, 4.69) is 15.6 Å². The zero-order valence-corrected chi connectivity index (χ0v) is 17.6. The monoisotopic (exact) mass is 463 g/mol. The molecule has 10 heteroatoms. The number of benzene rings is 2. The van der Waals surface area contributed by atoms with Gasteiger partial charge < -0.3 is 15.7 Å². The third-order valence-corrected chi connectivity index (χ3v) is 5.36. The zero-order chi connectivity index (χ0) is 23.1. The van der Waals surface area contributed by atoms with Gasteiger partial charge in [0.1, 0.15) is 10.8 Å². The van der Waals surface area contributed by atoms with Gasteiger partial charge >= 0.3 is 6.18 Å². The molecule has 0 saturated carbocycles. The first kappa shape index (κ1) is 23.3. The van der Waals surface area contributed by atoms with Crippen molar-refractivity contribution in [2.75, 3.05) is 13.1 Å². The second-order valence-corrected chi connectivity index (χ2v) is 7.76. The summed E-state index contributed by atoms with van der Waals surface area (Å²) >= 11 is 1.25. The number of aromatic nitrogens is 1. The molecule has 3 rings (SSSR count). The summed E-state index contributed by atoms with van der Waals surface area (Å²) < 4.78 is 38.0. The number of thiazole rings is 1. The number of rotatable bonds is 8. The molecule has 0 bridgehead atoms. The van der Waals surface area contributed by atoms with Gasteiger partial charge in [0.15, 0.2) is 0 Å². The molecule has 3 aromatic rings. The summed E-state index contributed by atoms with van der Waals surface area (Å²) in [6.45, 7) is 0.707. The lowest BCUT2D eigenvalue weighted by molar-refractivity contribution is -0.137. The van der Waals surface area contributed by atoms with Crippen molar-refractivity contribution in [3.63, 3.8) is 0 Å². The van der Waals surface area contributed by atoms with E-state index in [0.29, 0.717) is 41.3 Å². The Morgan fingerprint density at radius 2 is 1.75 bits per heavy atom. The summed E-state index contributed by atoms with van der Waals surface area (Å²) in [4.78, 5) is 28.4. The highest BCUT2D eigenvalue weighted by atomic mass is 32.1. The highest BCUT2D eigenvalue weighted by molar-refractivity contribution is 7.13. The number of phenolic OH excluding ortho intramolecular Hbond substituents is 1. The van der Waals surface area contributed by atoms with Crippen LogP contribution in [0.4, 0.5) is 13.2 Å². The molecule has 0 fully saturated rings. The fourth-order valence-corrected chi connectivity index (χ4v) is 3.64. The Balaban J connectivity index is 1.40. The number of hydrogen-bond acceptors (Lipinski definition) is 5. The van der Waals surface area contributed by atoms with Crippen molar-refractivity contribution in [2.24, 2.45) is 0 Å². The Labute approximate surface area is 186 Å². The molecule has 1 aromatic heterocycles. The van der Waals surface area contributed by atoms with E-state index in [4.69, 9.17) is 0 Å². The van der Waals surface area contributed by atoms with Crippen molar-refractivity contribution < 1.29 is 27.9 Å². The normalized spacial score (nSPS) is 11.2. The summed E-state index contributed by atoms with van der Waals surface area (Å²) in [7, 11) is 0. The van der Waals surface area contributed by atoms with Crippen molar-refractivity contribution in [2.45, 2.75) is 19.0 Å². The van der Waals surface area contributed by atoms with Crippen LogP contribution in [-0.2, 0) is 17.4 Å². The van der Waals surface area contributed by atoms with Crippen LogP contribution >= 0.6 is 11.3 Å². The third-order valence-electron chi connectivity index (χ3n) is 4.42. The third kappa shape index (κ3) is 6.55. The molecule has 2 aromatic carbocycles. The zero-order valence-electron chi connectivity index (χ0n) is 16.8. The lowest BCUT2D eigenvalue weighted by Crippen LogP contribution is -2.30. The van der Waals surface area contributed by atoms with Crippen molar-refractivity contribution in [1.82, 2.24) is 15.6 Å². The standard InChI is InChI=1S/C22H20F3N3O3S/c23-22(24,25)16-7-5-14(6-8-16)21-28-17(13-32-21)12-19(30)26-9-2-10-27-20(31)15-3-1-4-18(29)11-15/h1,3-8,11,13,29H,2,9-10,12H2,(H,26,30)(H,27,31). The molecule has 168 valence electrons. The number of phenols is 1. The van der Waals surface area contributed by atoms with Crippen LogP contribution in [0.25, 0.3) is 10.6 Å². The molecule has 1 heterocycles. The van der Waals surface area contributed by atoms with E-state index < -0.39 is 11.7 Å². The molecule has 0 atom stereocenters. The molecular formula is C22H20F3N3O3S. The van der Waals surface area contributed by atoms with Gasteiger partial charge in [0.2, 0.25) is 5.91 Å². The number of amides is 2. The smallest absolute Gasteiger partial charge is 0.416 e. The summed E-state index contributed by atoms with van der Waals surface area (Å²) in [5, 5.41) is 17.1. The average Bonchev–Trinajstić information content (AvgIpc) is 3.21. The van der Waals surface area contributed by atoms with Gasteiger partial charge in [-0.2, -0.15) is 13.2 Å². The van der Waals surface area contributed by atoms with Crippen LogP contribution in [0, 0.1) is 0 Å². The van der Waals surface area contributed by atoms with E-state index in [0.717, 1.165) is 12.1 Å². The Bertz CT molecular complexity index is 1080.